The molecule has 9 nitrogen and oxygen atoms in total. The van der Waals surface area contributed by atoms with Gasteiger partial charge in [-0.15, -0.1) is 0 Å². The van der Waals surface area contributed by atoms with E-state index < -0.39 is 22.4 Å². The van der Waals surface area contributed by atoms with Crippen LogP contribution in [0.3, 0.4) is 0 Å². The third-order valence-electron chi connectivity index (χ3n) is 8.12. The van der Waals surface area contributed by atoms with Crippen molar-refractivity contribution in [2.24, 2.45) is 0 Å². The van der Waals surface area contributed by atoms with Gasteiger partial charge in [-0.05, 0) is 68.1 Å². The number of amides is 1. The molecule has 0 atom stereocenters. The first kappa shape index (κ1) is 30.0. The first-order valence-electron chi connectivity index (χ1n) is 13.8. The van der Waals surface area contributed by atoms with Crippen molar-refractivity contribution in [3.8, 4) is 0 Å². The number of nitro groups is 1. The van der Waals surface area contributed by atoms with E-state index in [1.54, 1.807) is 16.8 Å². The van der Waals surface area contributed by atoms with Crippen LogP contribution in [-0.4, -0.2) is 72.7 Å². The molecule has 1 aromatic heterocycles. The lowest BCUT2D eigenvalue weighted by Crippen LogP contribution is -2.50. The maximum atomic E-state index is 13.4. The number of fused-ring (bicyclic) bond motifs is 1. The molecule has 0 bridgehead atoms. The number of aromatic nitrogens is 1. The van der Waals surface area contributed by atoms with Crippen LogP contribution < -0.4 is 9.80 Å². The predicted octanol–water partition coefficient (Wildman–Crippen LogP) is 6.04. The monoisotopic (exact) mass is 649 g/mol. The van der Waals surface area contributed by atoms with Gasteiger partial charge in [-0.1, -0.05) is 15.9 Å². The minimum atomic E-state index is -4.82. The van der Waals surface area contributed by atoms with E-state index in [9.17, 15) is 28.1 Å². The third-order valence-corrected chi connectivity index (χ3v) is 8.61. The Labute approximate surface area is 249 Å². The molecular weight excluding hydrogens is 619 g/mol. The zero-order valence-corrected chi connectivity index (χ0v) is 24.6. The van der Waals surface area contributed by atoms with E-state index in [1.165, 1.54) is 6.07 Å². The van der Waals surface area contributed by atoms with Crippen molar-refractivity contribution < 1.29 is 27.6 Å². The fourth-order valence-electron chi connectivity index (χ4n) is 5.67. The fourth-order valence-corrected chi connectivity index (χ4v) is 6.05. The fraction of sp³-hybridized carbons (Fsp3) is 0.448. The first-order valence-corrected chi connectivity index (χ1v) is 14.6. The van der Waals surface area contributed by atoms with Gasteiger partial charge in [-0.25, -0.2) is 4.98 Å². The van der Waals surface area contributed by atoms with Gasteiger partial charge < -0.3 is 19.4 Å². The van der Waals surface area contributed by atoms with Crippen molar-refractivity contribution in [3.05, 3.63) is 68.7 Å². The number of ether oxygens (including phenoxy) is 1. The molecule has 42 heavy (non-hydrogen) atoms. The van der Waals surface area contributed by atoms with Crippen LogP contribution in [0.5, 0.6) is 0 Å². The van der Waals surface area contributed by atoms with Crippen LogP contribution in [0.2, 0.25) is 0 Å². The Balaban J connectivity index is 1.08. The lowest BCUT2D eigenvalue weighted by Gasteiger charge is -2.37. The minimum absolute atomic E-state index is 0.00836. The van der Waals surface area contributed by atoms with Crippen LogP contribution in [0, 0.1) is 10.1 Å². The summed E-state index contributed by atoms with van der Waals surface area (Å²) in [6, 6.07) is 13.1. The highest BCUT2D eigenvalue weighted by Gasteiger charge is 2.39. The highest BCUT2D eigenvalue weighted by Crippen LogP contribution is 2.39. The summed E-state index contributed by atoms with van der Waals surface area (Å²) in [4.78, 5) is 33.4. The molecule has 1 aliphatic heterocycles. The lowest BCUT2D eigenvalue weighted by molar-refractivity contribution is -0.388. The maximum Gasteiger partial charge on any atom is 0.423 e. The van der Waals surface area contributed by atoms with Crippen LogP contribution in [0.25, 0.3) is 10.9 Å². The van der Waals surface area contributed by atoms with Gasteiger partial charge in [0.1, 0.15) is 18.0 Å². The summed E-state index contributed by atoms with van der Waals surface area (Å²) < 4.78 is 47.2. The number of carbonyl (C=O) groups excluding carboxylic acids is 1. The average Bonchev–Trinajstić information content (AvgIpc) is 2.98. The Morgan fingerprint density at radius 3 is 2.45 bits per heavy atom. The summed E-state index contributed by atoms with van der Waals surface area (Å²) >= 11 is 3.48. The van der Waals surface area contributed by atoms with Gasteiger partial charge in [0.25, 0.3) is 5.69 Å². The van der Waals surface area contributed by atoms with E-state index >= 15 is 0 Å². The van der Waals surface area contributed by atoms with E-state index in [-0.39, 0.29) is 30.3 Å². The maximum absolute atomic E-state index is 13.4. The van der Waals surface area contributed by atoms with E-state index in [1.807, 2.05) is 30.3 Å². The number of hydrogen-bond donors (Lipinski definition) is 0. The standard InChI is InChI=1S/C29H31BrF3N5O4/c1-35(22-6-10-26(38(40)41)24(17-22)29(31,32)33)21-4-7-23(8-5-21)42-18-28(39)37-14-12-36(13-15-37)27-11-2-19-16-20(30)3-9-25(19)34-27/h2-3,6,9-11,16-17,21,23H,4-5,7-8,12-15,18H2,1H3. The molecule has 2 aromatic carbocycles. The summed E-state index contributed by atoms with van der Waals surface area (Å²) in [6.07, 6.45) is -2.26. The number of rotatable bonds is 7. The van der Waals surface area contributed by atoms with Gasteiger partial charge >= 0.3 is 6.18 Å². The zero-order chi connectivity index (χ0) is 30.0. The Morgan fingerprint density at radius 1 is 1.07 bits per heavy atom. The molecule has 2 fully saturated rings. The Kier molecular flexibility index (Phi) is 8.88. The Bertz CT molecular complexity index is 1460. The number of hydrogen-bond acceptors (Lipinski definition) is 7. The number of anilines is 2. The molecule has 0 radical (unpaired) electrons. The molecule has 3 aromatic rings. The molecule has 5 rings (SSSR count). The average molecular weight is 650 g/mol. The summed E-state index contributed by atoms with van der Waals surface area (Å²) in [5.41, 5.74) is -1.02. The summed E-state index contributed by atoms with van der Waals surface area (Å²) in [6.45, 7) is 2.50. The van der Waals surface area contributed by atoms with Gasteiger partial charge in [0.15, 0.2) is 0 Å². The van der Waals surface area contributed by atoms with Crippen molar-refractivity contribution >= 4 is 49.9 Å². The lowest BCUT2D eigenvalue weighted by atomic mass is 9.91. The molecule has 1 aliphatic carbocycles. The molecule has 0 unspecified atom stereocenters. The molecule has 224 valence electrons. The smallest absolute Gasteiger partial charge is 0.372 e. The molecule has 13 heteroatoms. The van der Waals surface area contributed by atoms with Crippen molar-refractivity contribution in [1.82, 2.24) is 9.88 Å². The van der Waals surface area contributed by atoms with Crippen molar-refractivity contribution in [2.75, 3.05) is 49.6 Å². The Morgan fingerprint density at radius 2 is 1.79 bits per heavy atom. The van der Waals surface area contributed by atoms with Crippen LogP contribution in [0.1, 0.15) is 31.2 Å². The summed E-state index contributed by atoms with van der Waals surface area (Å²) in [5.74, 6) is 0.828. The quantitative estimate of drug-likeness (QED) is 0.228. The predicted molar refractivity (Wildman–Crippen MR) is 157 cm³/mol. The topological polar surface area (TPSA) is 92.0 Å². The van der Waals surface area contributed by atoms with E-state index in [0.29, 0.717) is 51.9 Å². The van der Waals surface area contributed by atoms with Crippen LogP contribution >= 0.6 is 15.9 Å². The second kappa shape index (κ2) is 12.4. The third kappa shape index (κ3) is 6.78. The number of carbonyl (C=O) groups is 1. The molecule has 2 heterocycles. The second-order valence-corrected chi connectivity index (χ2v) is 11.6. The summed E-state index contributed by atoms with van der Waals surface area (Å²) in [7, 11) is 1.70. The number of nitrogens with zero attached hydrogens (tertiary/aromatic N) is 5. The zero-order valence-electron chi connectivity index (χ0n) is 23.0. The van der Waals surface area contributed by atoms with Crippen LogP contribution in [-0.2, 0) is 15.7 Å². The van der Waals surface area contributed by atoms with Gasteiger partial charge in [0.2, 0.25) is 5.91 Å². The SMILES string of the molecule is CN(c1ccc([N+](=O)[O-])c(C(F)(F)F)c1)C1CCC(OCC(=O)N2CCN(c3ccc4cc(Br)ccc4n3)CC2)CC1. The summed E-state index contributed by atoms with van der Waals surface area (Å²) in [5, 5.41) is 12.1. The number of pyridine rings is 1. The van der Waals surface area contributed by atoms with E-state index in [4.69, 9.17) is 9.72 Å². The minimum Gasteiger partial charge on any atom is -0.372 e. The molecule has 1 saturated heterocycles. The van der Waals surface area contributed by atoms with Gasteiger partial charge in [-0.3, -0.25) is 14.9 Å². The van der Waals surface area contributed by atoms with Crippen LogP contribution in [0.4, 0.5) is 30.4 Å². The number of piperazine rings is 1. The highest BCUT2D eigenvalue weighted by molar-refractivity contribution is 9.10. The molecule has 1 amide bonds. The molecule has 2 aliphatic rings. The van der Waals surface area contributed by atoms with Crippen molar-refractivity contribution in [3.63, 3.8) is 0 Å². The van der Waals surface area contributed by atoms with Crippen LogP contribution in [0.15, 0.2) is 53.0 Å². The molecule has 1 saturated carbocycles. The number of benzene rings is 2. The number of halogens is 4. The molecular formula is C29H31BrF3N5O4. The number of alkyl halides is 3. The first-order chi connectivity index (χ1) is 20.0. The highest BCUT2D eigenvalue weighted by atomic mass is 79.9. The van der Waals surface area contributed by atoms with E-state index in [0.717, 1.165) is 33.3 Å². The molecule has 0 N–H and O–H groups in total. The van der Waals surface area contributed by atoms with Crippen molar-refractivity contribution in [2.45, 2.75) is 44.0 Å². The normalized spacial score (nSPS) is 19.6. The van der Waals surface area contributed by atoms with Gasteiger partial charge in [0.05, 0.1) is 16.5 Å². The second-order valence-electron chi connectivity index (χ2n) is 10.7. The number of nitro benzene ring substituents is 1. The molecule has 0 spiro atoms. The van der Waals surface area contributed by atoms with Gasteiger partial charge in [0, 0.05) is 60.9 Å². The largest absolute Gasteiger partial charge is 0.423 e. The Hall–Kier alpha value is -3.45. The van der Waals surface area contributed by atoms with Gasteiger partial charge in [-0.2, -0.15) is 13.2 Å². The van der Waals surface area contributed by atoms with Crippen molar-refractivity contribution in [1.29, 1.82) is 0 Å². The van der Waals surface area contributed by atoms with E-state index in [2.05, 4.69) is 20.8 Å².